The van der Waals surface area contributed by atoms with E-state index in [4.69, 9.17) is 10.5 Å². The molecule has 96 valence electrons. The molecule has 3 heteroatoms. The Hall–Kier alpha value is -0.540. The van der Waals surface area contributed by atoms with Gasteiger partial charge in [-0.05, 0) is 43.9 Å². The first-order valence-electron chi connectivity index (χ1n) is 5.90. The van der Waals surface area contributed by atoms with Gasteiger partial charge in [0.2, 0.25) is 0 Å². The zero-order chi connectivity index (χ0) is 13.2. The quantitative estimate of drug-likeness (QED) is 0.916. The second-order valence-electron chi connectivity index (χ2n) is 5.51. The Balaban J connectivity index is 3.18. The summed E-state index contributed by atoms with van der Waals surface area (Å²) in [5, 5.41) is 0. The fraction of sp³-hybridized carbons (Fsp3) is 0.571. The molecule has 1 rings (SSSR count). The Bertz CT molecular complexity index is 394. The van der Waals surface area contributed by atoms with E-state index in [9.17, 15) is 0 Å². The lowest BCUT2D eigenvalue weighted by Gasteiger charge is -2.21. The first kappa shape index (κ1) is 14.5. The number of hydrogen-bond acceptors (Lipinski definition) is 2. The van der Waals surface area contributed by atoms with Gasteiger partial charge >= 0.3 is 0 Å². The van der Waals surface area contributed by atoms with Crippen molar-refractivity contribution >= 4 is 15.9 Å². The highest BCUT2D eigenvalue weighted by Crippen LogP contribution is 2.35. The molecular weight excluding hydrogens is 278 g/mol. The molecule has 0 bridgehead atoms. The standard InChI is InChI=1S/C14H22BrNO/c1-9(2)13-11(15)6-10(7-12(13)17-5)8-14(3,4)16/h6-7,9H,8,16H2,1-5H3. The van der Waals surface area contributed by atoms with Crippen molar-refractivity contribution in [1.82, 2.24) is 0 Å². The van der Waals surface area contributed by atoms with Crippen LogP contribution in [0, 0.1) is 0 Å². The molecular formula is C14H22BrNO. The molecule has 0 aliphatic carbocycles. The van der Waals surface area contributed by atoms with Crippen molar-refractivity contribution in [3.63, 3.8) is 0 Å². The Labute approximate surface area is 113 Å². The topological polar surface area (TPSA) is 35.2 Å². The van der Waals surface area contributed by atoms with Crippen LogP contribution in [-0.4, -0.2) is 12.6 Å². The van der Waals surface area contributed by atoms with Gasteiger partial charge in [0.05, 0.1) is 7.11 Å². The molecule has 17 heavy (non-hydrogen) atoms. The predicted octanol–water partition coefficient (Wildman–Crippen LogP) is 3.86. The van der Waals surface area contributed by atoms with Crippen LogP contribution in [0.25, 0.3) is 0 Å². The van der Waals surface area contributed by atoms with Gasteiger partial charge in [-0.1, -0.05) is 29.8 Å². The Morgan fingerprint density at radius 2 is 1.94 bits per heavy atom. The molecule has 2 N–H and O–H groups in total. The predicted molar refractivity (Wildman–Crippen MR) is 76.8 cm³/mol. The molecule has 0 heterocycles. The van der Waals surface area contributed by atoms with E-state index in [1.807, 2.05) is 13.8 Å². The van der Waals surface area contributed by atoms with Crippen LogP contribution >= 0.6 is 15.9 Å². The number of hydrogen-bond donors (Lipinski definition) is 1. The van der Waals surface area contributed by atoms with Gasteiger partial charge in [-0.3, -0.25) is 0 Å². The third kappa shape index (κ3) is 4.00. The molecule has 0 fully saturated rings. The minimum atomic E-state index is -0.205. The zero-order valence-electron chi connectivity index (χ0n) is 11.3. The molecule has 0 aliphatic rings. The van der Waals surface area contributed by atoms with Crippen molar-refractivity contribution in [1.29, 1.82) is 0 Å². The summed E-state index contributed by atoms with van der Waals surface area (Å²) in [6.45, 7) is 8.39. The van der Waals surface area contributed by atoms with E-state index in [2.05, 4.69) is 41.9 Å². The van der Waals surface area contributed by atoms with Gasteiger partial charge in [0.1, 0.15) is 5.75 Å². The summed E-state index contributed by atoms with van der Waals surface area (Å²) in [7, 11) is 1.71. The van der Waals surface area contributed by atoms with Crippen molar-refractivity contribution < 1.29 is 4.74 Å². The Kier molecular flexibility index (Phi) is 4.62. The summed E-state index contributed by atoms with van der Waals surface area (Å²) in [5.74, 6) is 1.37. The lowest BCUT2D eigenvalue weighted by molar-refractivity contribution is 0.405. The molecule has 0 spiro atoms. The molecule has 1 aromatic carbocycles. The highest BCUT2D eigenvalue weighted by Gasteiger charge is 2.17. The maximum Gasteiger partial charge on any atom is 0.123 e. The van der Waals surface area contributed by atoms with Crippen LogP contribution in [0.1, 0.15) is 44.7 Å². The second kappa shape index (κ2) is 5.40. The van der Waals surface area contributed by atoms with E-state index in [-0.39, 0.29) is 5.54 Å². The summed E-state index contributed by atoms with van der Waals surface area (Å²) in [5.41, 5.74) is 8.26. The number of nitrogens with two attached hydrogens (primary N) is 1. The summed E-state index contributed by atoms with van der Waals surface area (Å²) >= 11 is 3.63. The minimum absolute atomic E-state index is 0.205. The van der Waals surface area contributed by atoms with Crippen molar-refractivity contribution in [3.8, 4) is 5.75 Å². The van der Waals surface area contributed by atoms with Crippen molar-refractivity contribution in [3.05, 3.63) is 27.7 Å². The highest BCUT2D eigenvalue weighted by molar-refractivity contribution is 9.10. The average Bonchev–Trinajstić information content (AvgIpc) is 2.12. The average molecular weight is 300 g/mol. The van der Waals surface area contributed by atoms with E-state index in [1.54, 1.807) is 7.11 Å². The molecule has 0 amide bonds. The van der Waals surface area contributed by atoms with Crippen LogP contribution in [0.5, 0.6) is 5.75 Å². The molecule has 0 aromatic heterocycles. The molecule has 0 atom stereocenters. The van der Waals surface area contributed by atoms with Crippen LogP contribution in [-0.2, 0) is 6.42 Å². The number of ether oxygens (including phenoxy) is 1. The number of rotatable bonds is 4. The molecule has 1 aromatic rings. The molecule has 0 aliphatic heterocycles. The van der Waals surface area contributed by atoms with Crippen molar-refractivity contribution in [2.45, 2.75) is 45.6 Å². The van der Waals surface area contributed by atoms with Crippen LogP contribution in [0.4, 0.5) is 0 Å². The zero-order valence-corrected chi connectivity index (χ0v) is 12.9. The third-order valence-corrected chi connectivity index (χ3v) is 3.26. The summed E-state index contributed by atoms with van der Waals surface area (Å²) in [6.07, 6.45) is 0.834. The minimum Gasteiger partial charge on any atom is -0.496 e. The summed E-state index contributed by atoms with van der Waals surface area (Å²) in [4.78, 5) is 0. The van der Waals surface area contributed by atoms with Gasteiger partial charge in [0, 0.05) is 15.6 Å². The van der Waals surface area contributed by atoms with E-state index < -0.39 is 0 Å². The summed E-state index contributed by atoms with van der Waals surface area (Å²) in [6, 6.07) is 4.24. The first-order chi connectivity index (χ1) is 7.74. The molecule has 0 unspecified atom stereocenters. The lowest BCUT2D eigenvalue weighted by Crippen LogP contribution is -2.34. The van der Waals surface area contributed by atoms with Gasteiger partial charge in [0.15, 0.2) is 0 Å². The van der Waals surface area contributed by atoms with Gasteiger partial charge in [-0.2, -0.15) is 0 Å². The fourth-order valence-corrected chi connectivity index (χ4v) is 2.95. The first-order valence-corrected chi connectivity index (χ1v) is 6.69. The largest absolute Gasteiger partial charge is 0.496 e. The van der Waals surface area contributed by atoms with Crippen LogP contribution < -0.4 is 10.5 Å². The van der Waals surface area contributed by atoms with Crippen molar-refractivity contribution in [2.24, 2.45) is 5.73 Å². The molecule has 0 radical (unpaired) electrons. The van der Waals surface area contributed by atoms with Gasteiger partial charge in [0.25, 0.3) is 0 Å². The van der Waals surface area contributed by atoms with Crippen LogP contribution in [0.2, 0.25) is 0 Å². The second-order valence-corrected chi connectivity index (χ2v) is 6.37. The van der Waals surface area contributed by atoms with Gasteiger partial charge in [-0.25, -0.2) is 0 Å². The number of benzene rings is 1. The normalized spacial score (nSPS) is 12.0. The monoisotopic (exact) mass is 299 g/mol. The van der Waals surface area contributed by atoms with Crippen molar-refractivity contribution in [2.75, 3.05) is 7.11 Å². The van der Waals surface area contributed by atoms with Gasteiger partial charge < -0.3 is 10.5 Å². The Morgan fingerprint density at radius 1 is 1.35 bits per heavy atom. The summed E-state index contributed by atoms with van der Waals surface area (Å²) < 4.78 is 6.57. The van der Waals surface area contributed by atoms with E-state index >= 15 is 0 Å². The maximum atomic E-state index is 6.05. The van der Waals surface area contributed by atoms with E-state index in [0.29, 0.717) is 5.92 Å². The third-order valence-electron chi connectivity index (χ3n) is 2.61. The lowest BCUT2D eigenvalue weighted by atomic mass is 9.93. The number of halogens is 1. The molecule has 0 saturated heterocycles. The van der Waals surface area contributed by atoms with E-state index in [0.717, 1.165) is 16.6 Å². The number of methoxy groups -OCH3 is 1. The highest BCUT2D eigenvalue weighted by atomic mass is 79.9. The van der Waals surface area contributed by atoms with Crippen LogP contribution in [0.15, 0.2) is 16.6 Å². The molecule has 2 nitrogen and oxygen atoms in total. The smallest absolute Gasteiger partial charge is 0.123 e. The van der Waals surface area contributed by atoms with E-state index in [1.165, 1.54) is 11.1 Å². The van der Waals surface area contributed by atoms with Crippen LogP contribution in [0.3, 0.4) is 0 Å². The SMILES string of the molecule is COc1cc(CC(C)(C)N)cc(Br)c1C(C)C. The van der Waals surface area contributed by atoms with Gasteiger partial charge in [-0.15, -0.1) is 0 Å². The fourth-order valence-electron chi connectivity index (χ4n) is 2.00. The molecule has 0 saturated carbocycles. The Morgan fingerprint density at radius 3 is 2.35 bits per heavy atom. The maximum absolute atomic E-state index is 6.05.